The number of hydrogen-bond donors (Lipinski definition) is 0. The molecule has 98 valence electrons. The molecule has 0 saturated carbocycles. The molecule has 0 spiro atoms. The Balaban J connectivity index is 2.38. The second-order valence-electron chi connectivity index (χ2n) is 3.35. The average molecular weight is 297 g/mol. The van der Waals surface area contributed by atoms with E-state index >= 15 is 0 Å². The molecule has 0 unspecified atom stereocenters. The number of halogens is 3. The molecule has 0 saturated heterocycles. The first-order valence-corrected chi connectivity index (χ1v) is 6.79. The Morgan fingerprint density at radius 3 is 2.61 bits per heavy atom. The van der Waals surface area contributed by atoms with E-state index in [1.54, 1.807) is 6.92 Å². The lowest BCUT2D eigenvalue weighted by molar-refractivity contribution is -0.0500. The van der Waals surface area contributed by atoms with Gasteiger partial charge < -0.3 is 4.18 Å². The molecular weight excluding hydrogens is 291 g/mol. The van der Waals surface area contributed by atoms with Gasteiger partial charge in [0.15, 0.2) is 0 Å². The van der Waals surface area contributed by atoms with Crippen LogP contribution in [0.1, 0.15) is 5.01 Å². The predicted octanol–water partition coefficient (Wildman–Crippen LogP) is 2.83. The molecule has 4 nitrogen and oxygen atoms in total. The lowest BCUT2D eigenvalue weighted by Crippen LogP contribution is -2.27. The van der Waals surface area contributed by atoms with Crippen molar-refractivity contribution < 1.29 is 25.8 Å². The first-order valence-electron chi connectivity index (χ1n) is 4.57. The van der Waals surface area contributed by atoms with Gasteiger partial charge in [-0.2, -0.15) is 21.6 Å². The lowest BCUT2D eigenvalue weighted by Gasteiger charge is -2.08. The van der Waals surface area contributed by atoms with Crippen molar-refractivity contribution in [2.24, 2.45) is 0 Å². The van der Waals surface area contributed by atoms with Crippen LogP contribution in [0.3, 0.4) is 0 Å². The SMILES string of the molecule is Cc1nc2ccc(OS(=O)(=O)C(F)(F)F)cc2s1. The normalized spacial score (nSPS) is 12.9. The van der Waals surface area contributed by atoms with Crippen molar-refractivity contribution in [3.8, 4) is 5.75 Å². The van der Waals surface area contributed by atoms with Crippen LogP contribution in [0.2, 0.25) is 0 Å². The highest BCUT2D eigenvalue weighted by Crippen LogP contribution is 2.30. The quantitative estimate of drug-likeness (QED) is 0.632. The van der Waals surface area contributed by atoms with Crippen molar-refractivity contribution in [1.29, 1.82) is 0 Å². The maximum atomic E-state index is 12.1. The third-order valence-electron chi connectivity index (χ3n) is 1.96. The maximum Gasteiger partial charge on any atom is 0.534 e. The third kappa shape index (κ3) is 2.41. The van der Waals surface area contributed by atoms with Gasteiger partial charge in [0.2, 0.25) is 0 Å². The summed E-state index contributed by atoms with van der Waals surface area (Å²) in [5.41, 5.74) is -4.86. The Morgan fingerprint density at radius 2 is 2.00 bits per heavy atom. The van der Waals surface area contributed by atoms with Gasteiger partial charge in [0, 0.05) is 6.07 Å². The summed E-state index contributed by atoms with van der Waals surface area (Å²) >= 11 is 1.23. The molecule has 0 aliphatic carbocycles. The molecule has 1 aromatic heterocycles. The Kier molecular flexibility index (Phi) is 2.98. The molecule has 0 fully saturated rings. The Labute approximate surface area is 104 Å². The van der Waals surface area contributed by atoms with Crippen LogP contribution in [-0.4, -0.2) is 18.9 Å². The molecule has 1 aromatic carbocycles. The van der Waals surface area contributed by atoms with Crippen LogP contribution in [0.15, 0.2) is 18.2 Å². The van der Waals surface area contributed by atoms with Crippen molar-refractivity contribution in [2.45, 2.75) is 12.4 Å². The third-order valence-corrected chi connectivity index (χ3v) is 3.87. The van der Waals surface area contributed by atoms with Gasteiger partial charge in [0.25, 0.3) is 0 Å². The standard InChI is InChI=1S/C9H6F3NO3S2/c1-5-13-7-3-2-6(4-8(7)17-5)16-18(14,15)9(10,11)12/h2-4H,1H3. The van der Waals surface area contributed by atoms with E-state index in [1.807, 2.05) is 0 Å². The summed E-state index contributed by atoms with van der Waals surface area (Å²) in [5.74, 6) is -0.386. The van der Waals surface area contributed by atoms with Gasteiger partial charge in [-0.3, -0.25) is 0 Å². The molecule has 1 heterocycles. The van der Waals surface area contributed by atoms with Crippen LogP contribution in [0, 0.1) is 6.92 Å². The monoisotopic (exact) mass is 297 g/mol. The summed E-state index contributed by atoms with van der Waals surface area (Å²) in [6.45, 7) is 1.73. The summed E-state index contributed by atoms with van der Waals surface area (Å²) in [7, 11) is -5.63. The molecule has 0 amide bonds. The van der Waals surface area contributed by atoms with E-state index in [0.29, 0.717) is 10.2 Å². The zero-order chi connectivity index (χ0) is 13.6. The van der Waals surface area contributed by atoms with E-state index in [9.17, 15) is 21.6 Å². The van der Waals surface area contributed by atoms with E-state index in [0.717, 1.165) is 11.1 Å². The molecule has 2 aromatic rings. The molecule has 18 heavy (non-hydrogen) atoms. The topological polar surface area (TPSA) is 56.3 Å². The van der Waals surface area contributed by atoms with E-state index in [-0.39, 0.29) is 5.75 Å². The zero-order valence-electron chi connectivity index (χ0n) is 8.85. The number of nitrogens with zero attached hydrogens (tertiary/aromatic N) is 1. The first kappa shape index (κ1) is 13.1. The molecule has 9 heteroatoms. The average Bonchev–Trinajstić information content (AvgIpc) is 2.54. The fraction of sp³-hybridized carbons (Fsp3) is 0.222. The van der Waals surface area contributed by atoms with E-state index in [4.69, 9.17) is 0 Å². The number of hydrogen-bond acceptors (Lipinski definition) is 5. The molecule has 0 N–H and O–H groups in total. The zero-order valence-corrected chi connectivity index (χ0v) is 10.5. The van der Waals surface area contributed by atoms with Gasteiger partial charge in [-0.05, 0) is 19.1 Å². The van der Waals surface area contributed by atoms with Gasteiger partial charge in [-0.1, -0.05) is 0 Å². The smallest absolute Gasteiger partial charge is 0.376 e. The Morgan fingerprint density at radius 1 is 1.33 bits per heavy atom. The van der Waals surface area contributed by atoms with Gasteiger partial charge in [-0.15, -0.1) is 11.3 Å². The van der Waals surface area contributed by atoms with Crippen molar-refractivity contribution in [3.05, 3.63) is 23.2 Å². The van der Waals surface area contributed by atoms with Crippen LogP contribution < -0.4 is 4.18 Å². The van der Waals surface area contributed by atoms with E-state index < -0.39 is 15.6 Å². The Bertz CT molecular complexity index is 691. The second kappa shape index (κ2) is 4.09. The highest BCUT2D eigenvalue weighted by Gasteiger charge is 2.48. The number of rotatable bonds is 2. The molecule has 0 bridgehead atoms. The first-order chi connectivity index (χ1) is 8.19. The summed E-state index contributed by atoms with van der Waals surface area (Å²) in [6, 6.07) is 3.74. The van der Waals surface area contributed by atoms with E-state index in [2.05, 4.69) is 9.17 Å². The number of alkyl halides is 3. The van der Waals surface area contributed by atoms with Gasteiger partial charge in [0.1, 0.15) is 5.75 Å². The summed E-state index contributed by atoms with van der Waals surface area (Å²) in [6.07, 6.45) is 0. The summed E-state index contributed by atoms with van der Waals surface area (Å²) in [5, 5.41) is 0.723. The van der Waals surface area contributed by atoms with Crippen LogP contribution >= 0.6 is 11.3 Å². The highest BCUT2D eigenvalue weighted by atomic mass is 32.2. The van der Waals surface area contributed by atoms with Crippen LogP contribution in [0.4, 0.5) is 13.2 Å². The van der Waals surface area contributed by atoms with Gasteiger partial charge in [-0.25, -0.2) is 4.98 Å². The molecule has 2 rings (SSSR count). The highest BCUT2D eigenvalue weighted by molar-refractivity contribution is 7.88. The fourth-order valence-electron chi connectivity index (χ4n) is 1.25. The molecular formula is C9H6F3NO3S2. The fourth-order valence-corrected chi connectivity index (χ4v) is 2.55. The van der Waals surface area contributed by atoms with E-state index in [1.165, 1.54) is 23.5 Å². The molecule has 0 aliphatic heterocycles. The van der Waals surface area contributed by atoms with Gasteiger partial charge >= 0.3 is 15.6 Å². The number of aryl methyl sites for hydroxylation is 1. The van der Waals surface area contributed by atoms with Crippen molar-refractivity contribution in [2.75, 3.05) is 0 Å². The minimum absolute atomic E-state index is 0.386. The molecule has 0 radical (unpaired) electrons. The minimum atomic E-state index is -5.63. The van der Waals surface area contributed by atoms with Crippen molar-refractivity contribution in [1.82, 2.24) is 4.98 Å². The molecule has 0 atom stereocenters. The summed E-state index contributed by atoms with van der Waals surface area (Å²) < 4.78 is 62.5. The number of benzene rings is 1. The number of aromatic nitrogens is 1. The van der Waals surface area contributed by atoms with Crippen molar-refractivity contribution in [3.63, 3.8) is 0 Å². The predicted molar refractivity (Wildman–Crippen MR) is 60.0 cm³/mol. The number of thiazole rings is 1. The lowest BCUT2D eigenvalue weighted by atomic mass is 10.3. The van der Waals surface area contributed by atoms with Crippen LogP contribution in [-0.2, 0) is 10.1 Å². The molecule has 0 aliphatic rings. The Hall–Kier alpha value is -1.35. The van der Waals surface area contributed by atoms with Gasteiger partial charge in [0.05, 0.1) is 15.2 Å². The van der Waals surface area contributed by atoms with Crippen LogP contribution in [0.25, 0.3) is 10.2 Å². The maximum absolute atomic E-state index is 12.1. The van der Waals surface area contributed by atoms with Crippen LogP contribution in [0.5, 0.6) is 5.75 Å². The van der Waals surface area contributed by atoms with Crippen molar-refractivity contribution >= 4 is 31.7 Å². The summed E-state index contributed by atoms with van der Waals surface area (Å²) in [4.78, 5) is 4.09. The largest absolute Gasteiger partial charge is 0.534 e. The minimum Gasteiger partial charge on any atom is -0.376 e. The number of fused-ring (bicyclic) bond motifs is 1. The second-order valence-corrected chi connectivity index (χ2v) is 6.12.